The van der Waals surface area contributed by atoms with E-state index < -0.39 is 0 Å². The maximum Gasteiger partial charge on any atom is 0.232 e. The predicted octanol–water partition coefficient (Wildman–Crippen LogP) is 1.80. The number of carbonyl (C=O) groups is 1. The molecule has 1 unspecified atom stereocenters. The second kappa shape index (κ2) is 5.75. The molecule has 82 valence electrons. The lowest BCUT2D eigenvalue weighted by Crippen LogP contribution is -2.31. The molecule has 1 aromatic carbocycles. The molecule has 0 aliphatic heterocycles. The quantitative estimate of drug-likeness (QED) is 0.755. The minimum Gasteiger partial charge on any atom is -0.355 e. The molecule has 0 saturated heterocycles. The average Bonchev–Trinajstić information content (AvgIpc) is 2.17. The van der Waals surface area contributed by atoms with Crippen molar-refractivity contribution in [3.8, 4) is 0 Å². The van der Waals surface area contributed by atoms with E-state index in [-0.39, 0.29) is 17.0 Å². The third kappa shape index (κ3) is 4.34. The highest BCUT2D eigenvalue weighted by molar-refractivity contribution is 7.81. The average molecular weight is 227 g/mol. The highest BCUT2D eigenvalue weighted by Crippen LogP contribution is 2.03. The van der Waals surface area contributed by atoms with Crippen LogP contribution in [0.3, 0.4) is 0 Å². The fourth-order valence-electron chi connectivity index (χ4n) is 1.17. The van der Waals surface area contributed by atoms with E-state index in [0.29, 0.717) is 13.0 Å². The lowest BCUT2D eigenvalue weighted by Gasteiger charge is -2.06. The van der Waals surface area contributed by atoms with Gasteiger partial charge in [-0.05, 0) is 31.0 Å². The number of carbonyl (C=O) groups excluding carboxylic acids is 1. The van der Waals surface area contributed by atoms with Gasteiger partial charge in [0.2, 0.25) is 5.91 Å². The molecule has 1 N–H and O–H groups in total. The molecule has 1 amide bonds. The van der Waals surface area contributed by atoms with Crippen LogP contribution in [0, 0.1) is 5.82 Å². The first kappa shape index (κ1) is 12.0. The summed E-state index contributed by atoms with van der Waals surface area (Å²) in [4.78, 5) is 11.1. The Morgan fingerprint density at radius 3 is 2.93 bits per heavy atom. The Bertz CT molecular complexity index is 341. The number of halogens is 1. The fourth-order valence-corrected chi connectivity index (χ4v) is 1.26. The summed E-state index contributed by atoms with van der Waals surface area (Å²) in [6.45, 7) is 2.22. The number of nitrogens with one attached hydrogen (secondary N) is 1. The summed E-state index contributed by atoms with van der Waals surface area (Å²) in [6, 6.07) is 6.36. The van der Waals surface area contributed by atoms with Gasteiger partial charge in [-0.3, -0.25) is 4.79 Å². The van der Waals surface area contributed by atoms with Crippen molar-refractivity contribution in [2.45, 2.75) is 18.6 Å². The normalized spacial score (nSPS) is 12.2. The number of amides is 1. The van der Waals surface area contributed by atoms with Crippen molar-refractivity contribution in [1.29, 1.82) is 0 Å². The Hall–Kier alpha value is -1.03. The molecule has 15 heavy (non-hydrogen) atoms. The lowest BCUT2D eigenvalue weighted by molar-refractivity contribution is -0.120. The van der Waals surface area contributed by atoms with Crippen molar-refractivity contribution in [3.05, 3.63) is 35.6 Å². The van der Waals surface area contributed by atoms with E-state index in [1.807, 2.05) is 6.07 Å². The largest absolute Gasteiger partial charge is 0.355 e. The van der Waals surface area contributed by atoms with Gasteiger partial charge < -0.3 is 5.32 Å². The Morgan fingerprint density at radius 1 is 1.60 bits per heavy atom. The van der Waals surface area contributed by atoms with Crippen LogP contribution in [0.4, 0.5) is 4.39 Å². The molecule has 1 atom stereocenters. The Balaban J connectivity index is 2.35. The van der Waals surface area contributed by atoms with E-state index in [4.69, 9.17) is 0 Å². The van der Waals surface area contributed by atoms with Crippen LogP contribution in [0.15, 0.2) is 24.3 Å². The Labute approximate surface area is 94.3 Å². The summed E-state index contributed by atoms with van der Waals surface area (Å²) < 4.78 is 12.8. The third-order valence-electron chi connectivity index (χ3n) is 1.98. The van der Waals surface area contributed by atoms with Gasteiger partial charge in [0.1, 0.15) is 5.82 Å². The monoisotopic (exact) mass is 227 g/mol. The number of thiol groups is 1. The summed E-state index contributed by atoms with van der Waals surface area (Å²) in [6.07, 6.45) is 0.629. The number of hydrogen-bond donors (Lipinski definition) is 2. The highest BCUT2D eigenvalue weighted by atomic mass is 32.1. The first-order chi connectivity index (χ1) is 7.09. The predicted molar refractivity (Wildman–Crippen MR) is 61.6 cm³/mol. The van der Waals surface area contributed by atoms with E-state index in [1.165, 1.54) is 12.1 Å². The molecular weight excluding hydrogens is 213 g/mol. The number of benzene rings is 1. The van der Waals surface area contributed by atoms with E-state index in [0.717, 1.165) is 5.56 Å². The summed E-state index contributed by atoms with van der Waals surface area (Å²) in [5.41, 5.74) is 0.877. The molecule has 1 rings (SSSR count). The van der Waals surface area contributed by atoms with Crippen LogP contribution in [-0.4, -0.2) is 17.7 Å². The second-order valence-corrected chi connectivity index (χ2v) is 4.12. The first-order valence-electron chi connectivity index (χ1n) is 4.80. The van der Waals surface area contributed by atoms with Gasteiger partial charge in [-0.2, -0.15) is 12.6 Å². The van der Waals surface area contributed by atoms with Crippen LogP contribution >= 0.6 is 12.6 Å². The molecule has 0 aliphatic rings. The van der Waals surface area contributed by atoms with Gasteiger partial charge in [0.15, 0.2) is 0 Å². The summed E-state index contributed by atoms with van der Waals surface area (Å²) in [5, 5.41) is 2.40. The smallest absolute Gasteiger partial charge is 0.232 e. The number of rotatable bonds is 4. The van der Waals surface area contributed by atoms with Crippen LogP contribution in [-0.2, 0) is 11.2 Å². The zero-order valence-corrected chi connectivity index (χ0v) is 9.43. The van der Waals surface area contributed by atoms with Gasteiger partial charge in [0.05, 0.1) is 5.25 Å². The third-order valence-corrected chi connectivity index (χ3v) is 2.22. The Morgan fingerprint density at radius 2 is 2.33 bits per heavy atom. The molecular formula is C11H14FNOS. The van der Waals surface area contributed by atoms with Gasteiger partial charge >= 0.3 is 0 Å². The second-order valence-electron chi connectivity index (χ2n) is 3.35. The fraction of sp³-hybridized carbons (Fsp3) is 0.364. The SMILES string of the molecule is CC(S)C(=O)NCCc1cccc(F)c1. The van der Waals surface area contributed by atoms with Crippen molar-refractivity contribution in [2.75, 3.05) is 6.54 Å². The molecule has 0 saturated carbocycles. The minimum absolute atomic E-state index is 0.102. The van der Waals surface area contributed by atoms with Crippen molar-refractivity contribution in [3.63, 3.8) is 0 Å². The van der Waals surface area contributed by atoms with Crippen LogP contribution in [0.25, 0.3) is 0 Å². The van der Waals surface area contributed by atoms with Gasteiger partial charge in [-0.25, -0.2) is 4.39 Å². The van der Waals surface area contributed by atoms with Crippen LogP contribution in [0.2, 0.25) is 0 Å². The molecule has 0 aliphatic carbocycles. The van der Waals surface area contributed by atoms with Crippen molar-refractivity contribution in [1.82, 2.24) is 5.32 Å². The summed E-state index contributed by atoms with van der Waals surface area (Å²) in [5.74, 6) is -0.351. The van der Waals surface area contributed by atoms with Crippen molar-refractivity contribution >= 4 is 18.5 Å². The minimum atomic E-state index is -0.308. The zero-order chi connectivity index (χ0) is 11.3. The van der Waals surface area contributed by atoms with Gasteiger partial charge in [-0.1, -0.05) is 12.1 Å². The molecule has 0 aromatic heterocycles. The van der Waals surface area contributed by atoms with Crippen LogP contribution in [0.5, 0.6) is 0 Å². The molecule has 4 heteroatoms. The van der Waals surface area contributed by atoms with Crippen LogP contribution in [0.1, 0.15) is 12.5 Å². The molecule has 2 nitrogen and oxygen atoms in total. The number of hydrogen-bond acceptors (Lipinski definition) is 2. The molecule has 0 radical (unpaired) electrons. The molecule has 0 bridgehead atoms. The Kier molecular flexibility index (Phi) is 4.62. The molecule has 0 heterocycles. The zero-order valence-electron chi connectivity index (χ0n) is 8.53. The summed E-state index contributed by atoms with van der Waals surface area (Å²) in [7, 11) is 0. The molecule has 0 fully saturated rings. The topological polar surface area (TPSA) is 29.1 Å². The van der Waals surface area contributed by atoms with Gasteiger partial charge in [0, 0.05) is 6.54 Å². The van der Waals surface area contributed by atoms with Crippen molar-refractivity contribution in [2.24, 2.45) is 0 Å². The summed E-state index contributed by atoms with van der Waals surface area (Å²) >= 11 is 4.00. The van der Waals surface area contributed by atoms with Crippen molar-refractivity contribution < 1.29 is 9.18 Å². The van der Waals surface area contributed by atoms with Crippen LogP contribution < -0.4 is 5.32 Å². The first-order valence-corrected chi connectivity index (χ1v) is 5.31. The van der Waals surface area contributed by atoms with Gasteiger partial charge in [-0.15, -0.1) is 0 Å². The van der Waals surface area contributed by atoms with Gasteiger partial charge in [0.25, 0.3) is 0 Å². The maximum atomic E-state index is 12.8. The van der Waals surface area contributed by atoms with E-state index >= 15 is 0 Å². The molecule has 0 spiro atoms. The standard InChI is InChI=1S/C11H14FNOS/c1-8(15)11(14)13-6-5-9-3-2-4-10(12)7-9/h2-4,7-8,15H,5-6H2,1H3,(H,13,14). The molecule has 1 aromatic rings. The van der Waals surface area contributed by atoms with E-state index in [2.05, 4.69) is 17.9 Å². The highest BCUT2D eigenvalue weighted by Gasteiger charge is 2.05. The van der Waals surface area contributed by atoms with E-state index in [9.17, 15) is 9.18 Å². The van der Waals surface area contributed by atoms with E-state index in [1.54, 1.807) is 13.0 Å². The maximum absolute atomic E-state index is 12.8. The lowest BCUT2D eigenvalue weighted by atomic mass is 10.1.